The van der Waals surface area contributed by atoms with Crippen molar-refractivity contribution in [3.05, 3.63) is 0 Å². The minimum atomic E-state index is 0.477. The molecule has 0 rings (SSSR count). The van der Waals surface area contributed by atoms with Gasteiger partial charge in [-0.05, 0) is 19.0 Å². The van der Waals surface area contributed by atoms with Crippen LogP contribution < -0.4 is 5.32 Å². The fourth-order valence-corrected chi connectivity index (χ4v) is 1.61. The minimum Gasteiger partial charge on any atom is -0.383 e. The van der Waals surface area contributed by atoms with Gasteiger partial charge in [0.1, 0.15) is 0 Å². The molecule has 0 aliphatic heterocycles. The van der Waals surface area contributed by atoms with Gasteiger partial charge in [0.25, 0.3) is 0 Å². The molecule has 15 heavy (non-hydrogen) atoms. The van der Waals surface area contributed by atoms with Gasteiger partial charge in [-0.1, -0.05) is 27.7 Å². The van der Waals surface area contributed by atoms with E-state index in [1.807, 2.05) is 0 Å². The molecule has 3 nitrogen and oxygen atoms in total. The molecule has 0 radical (unpaired) electrons. The molecule has 0 aromatic heterocycles. The van der Waals surface area contributed by atoms with E-state index in [9.17, 15) is 0 Å². The second-order valence-corrected chi connectivity index (χ2v) is 4.29. The number of hydrogen-bond acceptors (Lipinski definition) is 3. The summed E-state index contributed by atoms with van der Waals surface area (Å²) in [6.45, 7) is 14.1. The molecule has 0 spiro atoms. The van der Waals surface area contributed by atoms with Gasteiger partial charge >= 0.3 is 0 Å². The van der Waals surface area contributed by atoms with E-state index in [-0.39, 0.29) is 0 Å². The van der Waals surface area contributed by atoms with Gasteiger partial charge in [-0.25, -0.2) is 0 Å². The highest BCUT2D eigenvalue weighted by Gasteiger charge is 2.11. The van der Waals surface area contributed by atoms with Crippen LogP contribution in [0.3, 0.4) is 0 Å². The number of likely N-dealkylation sites (N-methyl/N-ethyl adjacent to an activating group) is 1. The summed E-state index contributed by atoms with van der Waals surface area (Å²) in [5.41, 5.74) is 0. The van der Waals surface area contributed by atoms with Crippen molar-refractivity contribution in [3.8, 4) is 0 Å². The van der Waals surface area contributed by atoms with E-state index in [1.165, 1.54) is 0 Å². The Morgan fingerprint density at radius 2 is 1.80 bits per heavy atom. The zero-order valence-corrected chi connectivity index (χ0v) is 11.0. The van der Waals surface area contributed by atoms with Crippen LogP contribution in [0.2, 0.25) is 0 Å². The number of rotatable bonds is 9. The van der Waals surface area contributed by atoms with Crippen molar-refractivity contribution < 1.29 is 4.74 Å². The molecule has 0 fully saturated rings. The number of hydrogen-bond donors (Lipinski definition) is 1. The molecule has 0 aliphatic rings. The maximum Gasteiger partial charge on any atom is 0.0618 e. The van der Waals surface area contributed by atoms with Crippen LogP contribution in [0.15, 0.2) is 0 Å². The van der Waals surface area contributed by atoms with Crippen LogP contribution in [0.25, 0.3) is 0 Å². The fraction of sp³-hybridized carbons (Fsp3) is 1.00. The Labute approximate surface area is 95.2 Å². The van der Waals surface area contributed by atoms with Crippen molar-refractivity contribution >= 4 is 0 Å². The number of nitrogens with zero attached hydrogens (tertiary/aromatic N) is 1. The second kappa shape index (κ2) is 9.13. The number of nitrogens with one attached hydrogen (secondary N) is 1. The van der Waals surface area contributed by atoms with Crippen LogP contribution in [0, 0.1) is 5.92 Å². The van der Waals surface area contributed by atoms with Gasteiger partial charge in [-0.2, -0.15) is 0 Å². The lowest BCUT2D eigenvalue weighted by atomic mass is 10.1. The minimum absolute atomic E-state index is 0.477. The van der Waals surface area contributed by atoms with Gasteiger partial charge in [0.2, 0.25) is 0 Å². The lowest BCUT2D eigenvalue weighted by Crippen LogP contribution is -2.42. The third-order valence-corrected chi connectivity index (χ3v) is 2.88. The van der Waals surface area contributed by atoms with E-state index in [2.05, 4.69) is 37.9 Å². The summed E-state index contributed by atoms with van der Waals surface area (Å²) < 4.78 is 5.20. The average Bonchev–Trinajstić information content (AvgIpc) is 2.22. The summed E-state index contributed by atoms with van der Waals surface area (Å²) >= 11 is 0. The van der Waals surface area contributed by atoms with Crippen LogP contribution in [0.4, 0.5) is 0 Å². The fourth-order valence-electron chi connectivity index (χ4n) is 1.61. The van der Waals surface area contributed by atoms with Gasteiger partial charge in [-0.3, -0.25) is 0 Å². The predicted octanol–water partition coefficient (Wildman–Crippen LogP) is 1.59. The third-order valence-electron chi connectivity index (χ3n) is 2.88. The van der Waals surface area contributed by atoms with E-state index >= 15 is 0 Å². The van der Waals surface area contributed by atoms with Gasteiger partial charge in [-0.15, -0.1) is 0 Å². The summed E-state index contributed by atoms with van der Waals surface area (Å²) in [6, 6.07) is 0.477. The van der Waals surface area contributed by atoms with Crippen molar-refractivity contribution in [2.75, 3.05) is 39.9 Å². The first kappa shape index (κ1) is 14.9. The highest BCUT2D eigenvalue weighted by atomic mass is 16.5. The summed E-state index contributed by atoms with van der Waals surface area (Å²) in [4.78, 5) is 2.43. The van der Waals surface area contributed by atoms with Crippen molar-refractivity contribution in [1.82, 2.24) is 10.2 Å². The van der Waals surface area contributed by atoms with Crippen LogP contribution in [0.5, 0.6) is 0 Å². The van der Waals surface area contributed by atoms with E-state index in [0.717, 1.165) is 32.8 Å². The Bertz CT molecular complexity index is 136. The molecule has 0 heterocycles. The molecule has 0 aromatic rings. The molecule has 92 valence electrons. The number of methoxy groups -OCH3 is 1. The molecular weight excluding hydrogens is 188 g/mol. The van der Waals surface area contributed by atoms with Crippen LogP contribution >= 0.6 is 0 Å². The molecule has 0 bridgehead atoms. The highest BCUT2D eigenvalue weighted by Crippen LogP contribution is 2.01. The molecule has 1 unspecified atom stereocenters. The van der Waals surface area contributed by atoms with Crippen LogP contribution in [0.1, 0.15) is 27.7 Å². The molecular formula is C12H28N2O. The van der Waals surface area contributed by atoms with Crippen molar-refractivity contribution in [2.45, 2.75) is 33.7 Å². The number of ether oxygens (including phenoxy) is 1. The standard InChI is InChI=1S/C12H28N2O/c1-6-14(7-2)9-8-13-12(10-15-5)11(3)4/h11-13H,6-10H2,1-5H3. The summed E-state index contributed by atoms with van der Waals surface area (Å²) in [7, 11) is 1.77. The monoisotopic (exact) mass is 216 g/mol. The lowest BCUT2D eigenvalue weighted by molar-refractivity contribution is 0.144. The Balaban J connectivity index is 3.69. The van der Waals surface area contributed by atoms with Crippen molar-refractivity contribution in [2.24, 2.45) is 5.92 Å². The quantitative estimate of drug-likeness (QED) is 0.633. The molecule has 0 saturated carbocycles. The first-order chi connectivity index (χ1) is 7.15. The zero-order chi connectivity index (χ0) is 11.7. The lowest BCUT2D eigenvalue weighted by Gasteiger charge is -2.24. The SMILES string of the molecule is CCN(CC)CCNC(COC)C(C)C. The van der Waals surface area contributed by atoms with Crippen LogP contribution in [-0.4, -0.2) is 50.8 Å². The first-order valence-corrected chi connectivity index (χ1v) is 6.10. The molecule has 1 atom stereocenters. The van der Waals surface area contributed by atoms with E-state index in [4.69, 9.17) is 4.74 Å². The second-order valence-electron chi connectivity index (χ2n) is 4.29. The molecule has 0 amide bonds. The summed E-state index contributed by atoms with van der Waals surface area (Å²) in [6.07, 6.45) is 0. The Morgan fingerprint density at radius 3 is 2.20 bits per heavy atom. The molecule has 0 saturated heterocycles. The average molecular weight is 216 g/mol. The largest absolute Gasteiger partial charge is 0.383 e. The Hall–Kier alpha value is -0.120. The third kappa shape index (κ3) is 6.88. The molecule has 0 aromatic carbocycles. The molecule has 1 N–H and O–H groups in total. The van der Waals surface area contributed by atoms with Gasteiger partial charge in [0, 0.05) is 26.2 Å². The Morgan fingerprint density at radius 1 is 1.20 bits per heavy atom. The van der Waals surface area contributed by atoms with Crippen LogP contribution in [-0.2, 0) is 4.74 Å². The van der Waals surface area contributed by atoms with Gasteiger partial charge < -0.3 is 15.0 Å². The van der Waals surface area contributed by atoms with Gasteiger partial charge in [0.05, 0.1) is 6.61 Å². The Kier molecular flexibility index (Phi) is 9.06. The molecule has 0 aliphatic carbocycles. The zero-order valence-electron chi connectivity index (χ0n) is 11.0. The topological polar surface area (TPSA) is 24.5 Å². The highest BCUT2D eigenvalue weighted by molar-refractivity contribution is 4.70. The summed E-state index contributed by atoms with van der Waals surface area (Å²) in [5, 5.41) is 3.55. The van der Waals surface area contributed by atoms with Crippen molar-refractivity contribution in [1.29, 1.82) is 0 Å². The normalized spacial score (nSPS) is 13.8. The smallest absolute Gasteiger partial charge is 0.0618 e. The van der Waals surface area contributed by atoms with Crippen molar-refractivity contribution in [3.63, 3.8) is 0 Å². The molecule has 3 heteroatoms. The van der Waals surface area contributed by atoms with E-state index in [1.54, 1.807) is 7.11 Å². The predicted molar refractivity (Wildman–Crippen MR) is 66.3 cm³/mol. The maximum atomic E-state index is 5.20. The maximum absolute atomic E-state index is 5.20. The van der Waals surface area contributed by atoms with E-state index < -0.39 is 0 Å². The first-order valence-electron chi connectivity index (χ1n) is 6.10. The van der Waals surface area contributed by atoms with Gasteiger partial charge in [0.15, 0.2) is 0 Å². The summed E-state index contributed by atoms with van der Waals surface area (Å²) in [5.74, 6) is 0.627. The van der Waals surface area contributed by atoms with E-state index in [0.29, 0.717) is 12.0 Å².